The zero-order valence-corrected chi connectivity index (χ0v) is 16.5. The monoisotopic (exact) mass is 414 g/mol. The molecule has 0 unspecified atom stereocenters. The topological polar surface area (TPSA) is 69.9 Å². The summed E-state index contributed by atoms with van der Waals surface area (Å²) in [7, 11) is 0. The van der Waals surface area contributed by atoms with Gasteiger partial charge in [-0.25, -0.2) is 9.67 Å². The van der Waals surface area contributed by atoms with Crippen LogP contribution in [0.2, 0.25) is 5.02 Å². The van der Waals surface area contributed by atoms with E-state index >= 15 is 0 Å². The molecule has 2 heterocycles. The molecule has 7 heteroatoms. The minimum Gasteiger partial charge on any atom is -0.427 e. The van der Waals surface area contributed by atoms with Crippen LogP contribution in [0.4, 0.5) is 0 Å². The molecule has 0 aliphatic carbocycles. The molecule has 0 aliphatic rings. The molecule has 0 N–H and O–H groups in total. The molecule has 0 radical (unpaired) electrons. The molecule has 0 amide bonds. The Kier molecular flexibility index (Phi) is 4.61. The van der Waals surface area contributed by atoms with Gasteiger partial charge in [-0.1, -0.05) is 53.2 Å². The SMILES string of the molecule is O=COc1ccc(-c2ccc3nnn(Cc4ccc5ccccc5c4)c3n2)cc1Cl. The molecule has 5 aromatic rings. The van der Waals surface area contributed by atoms with E-state index in [0.717, 1.165) is 16.8 Å². The second-order valence-electron chi connectivity index (χ2n) is 6.83. The molecule has 0 spiro atoms. The summed E-state index contributed by atoms with van der Waals surface area (Å²) in [6.07, 6.45) is 0. The third kappa shape index (κ3) is 3.38. The molecule has 2 aromatic heterocycles. The van der Waals surface area contributed by atoms with Crippen molar-refractivity contribution in [2.24, 2.45) is 0 Å². The summed E-state index contributed by atoms with van der Waals surface area (Å²) in [4.78, 5) is 15.3. The Balaban J connectivity index is 1.51. The highest BCUT2D eigenvalue weighted by Crippen LogP contribution is 2.30. The second-order valence-corrected chi connectivity index (χ2v) is 7.23. The first-order chi connectivity index (χ1) is 14.7. The smallest absolute Gasteiger partial charge is 0.298 e. The van der Waals surface area contributed by atoms with Crippen molar-refractivity contribution in [1.82, 2.24) is 20.0 Å². The van der Waals surface area contributed by atoms with Crippen LogP contribution in [0.5, 0.6) is 5.75 Å². The van der Waals surface area contributed by atoms with E-state index in [-0.39, 0.29) is 0 Å². The van der Waals surface area contributed by atoms with Crippen LogP contribution in [0.1, 0.15) is 5.56 Å². The van der Waals surface area contributed by atoms with Gasteiger partial charge >= 0.3 is 0 Å². The number of carbonyl (C=O) groups is 1. The van der Waals surface area contributed by atoms with Gasteiger partial charge in [0.25, 0.3) is 6.47 Å². The second kappa shape index (κ2) is 7.57. The van der Waals surface area contributed by atoms with Gasteiger partial charge in [-0.3, -0.25) is 4.79 Å². The number of rotatable bonds is 5. The molecule has 0 saturated heterocycles. The summed E-state index contributed by atoms with van der Waals surface area (Å²) in [5.74, 6) is 0.305. The van der Waals surface area contributed by atoms with Gasteiger partial charge in [0.1, 0.15) is 11.3 Å². The van der Waals surface area contributed by atoms with Crippen molar-refractivity contribution in [3.05, 3.63) is 83.4 Å². The van der Waals surface area contributed by atoms with Gasteiger partial charge < -0.3 is 4.74 Å². The first-order valence-corrected chi connectivity index (χ1v) is 9.67. The normalized spacial score (nSPS) is 11.1. The first-order valence-electron chi connectivity index (χ1n) is 9.29. The van der Waals surface area contributed by atoms with Crippen LogP contribution in [-0.2, 0) is 11.3 Å². The lowest BCUT2D eigenvalue weighted by Gasteiger charge is -2.07. The Morgan fingerprint density at radius 3 is 2.67 bits per heavy atom. The van der Waals surface area contributed by atoms with E-state index in [9.17, 15) is 4.79 Å². The number of halogens is 1. The molecule has 30 heavy (non-hydrogen) atoms. The van der Waals surface area contributed by atoms with E-state index in [1.807, 2.05) is 24.3 Å². The number of benzene rings is 3. The summed E-state index contributed by atoms with van der Waals surface area (Å²) >= 11 is 6.20. The third-order valence-corrected chi connectivity index (χ3v) is 5.20. The van der Waals surface area contributed by atoms with Crippen LogP contribution in [0.15, 0.2) is 72.8 Å². The number of nitrogens with zero attached hydrogens (tertiary/aromatic N) is 4. The standard InChI is InChI=1S/C23H15ClN4O2/c24-19-12-18(7-10-22(19)30-14-29)20-8-9-21-23(25-20)28(27-26-21)13-15-5-6-16-3-1-2-4-17(16)11-15/h1-12,14H,13H2. The highest BCUT2D eigenvalue weighted by atomic mass is 35.5. The Morgan fingerprint density at radius 2 is 1.83 bits per heavy atom. The van der Waals surface area contributed by atoms with E-state index in [2.05, 4.69) is 40.6 Å². The molecular formula is C23H15ClN4O2. The first kappa shape index (κ1) is 18.3. The number of carbonyl (C=O) groups excluding carboxylic acids is 1. The van der Waals surface area contributed by atoms with Crippen LogP contribution < -0.4 is 4.74 Å². The predicted octanol–water partition coefficient (Wildman–Crippen LogP) is 4.88. The fourth-order valence-electron chi connectivity index (χ4n) is 3.44. The van der Waals surface area contributed by atoms with Gasteiger partial charge in [0.05, 0.1) is 17.3 Å². The predicted molar refractivity (Wildman–Crippen MR) is 116 cm³/mol. The lowest BCUT2D eigenvalue weighted by Crippen LogP contribution is -2.03. The molecule has 3 aromatic carbocycles. The maximum absolute atomic E-state index is 10.5. The average molecular weight is 415 g/mol. The van der Waals surface area contributed by atoms with E-state index in [1.165, 1.54) is 10.8 Å². The van der Waals surface area contributed by atoms with Crippen LogP contribution in [-0.4, -0.2) is 26.5 Å². The third-order valence-electron chi connectivity index (χ3n) is 4.91. The van der Waals surface area contributed by atoms with Crippen LogP contribution in [0.3, 0.4) is 0 Å². The van der Waals surface area contributed by atoms with Crippen molar-refractivity contribution in [2.45, 2.75) is 6.54 Å². The molecular weight excluding hydrogens is 400 g/mol. The lowest BCUT2D eigenvalue weighted by molar-refractivity contribution is -0.120. The van der Waals surface area contributed by atoms with Gasteiger partial charge in [-0.05, 0) is 52.7 Å². The maximum atomic E-state index is 10.5. The summed E-state index contributed by atoms with van der Waals surface area (Å²) in [5.41, 5.74) is 4.05. The zero-order chi connectivity index (χ0) is 20.5. The van der Waals surface area contributed by atoms with Gasteiger partial charge in [0.15, 0.2) is 5.65 Å². The summed E-state index contributed by atoms with van der Waals surface area (Å²) in [5, 5.41) is 11.2. The Labute approximate surface area is 176 Å². The number of ether oxygens (including phenoxy) is 1. The van der Waals surface area contributed by atoms with E-state index in [0.29, 0.717) is 35.0 Å². The number of aromatic nitrogens is 4. The van der Waals surface area contributed by atoms with Crippen LogP contribution >= 0.6 is 11.6 Å². The number of fused-ring (bicyclic) bond motifs is 2. The van der Waals surface area contributed by atoms with Crippen molar-refractivity contribution in [3.8, 4) is 17.0 Å². The molecule has 0 aliphatic heterocycles. The molecule has 0 saturated carbocycles. The highest BCUT2D eigenvalue weighted by molar-refractivity contribution is 6.32. The van der Waals surface area contributed by atoms with Crippen molar-refractivity contribution >= 4 is 40.0 Å². The lowest BCUT2D eigenvalue weighted by atomic mass is 10.1. The van der Waals surface area contributed by atoms with Gasteiger partial charge in [0, 0.05) is 5.56 Å². The quantitative estimate of drug-likeness (QED) is 0.383. The van der Waals surface area contributed by atoms with Crippen molar-refractivity contribution in [2.75, 3.05) is 0 Å². The zero-order valence-electron chi connectivity index (χ0n) is 15.7. The fourth-order valence-corrected chi connectivity index (χ4v) is 3.66. The Hall–Kier alpha value is -3.77. The molecule has 0 bridgehead atoms. The van der Waals surface area contributed by atoms with E-state index < -0.39 is 0 Å². The summed E-state index contributed by atoms with van der Waals surface area (Å²) < 4.78 is 6.63. The molecule has 0 atom stereocenters. The van der Waals surface area contributed by atoms with Gasteiger partial charge in [0.2, 0.25) is 0 Å². The number of pyridine rings is 1. The van der Waals surface area contributed by atoms with Crippen LogP contribution in [0.25, 0.3) is 33.2 Å². The van der Waals surface area contributed by atoms with Crippen molar-refractivity contribution < 1.29 is 9.53 Å². The molecule has 6 nitrogen and oxygen atoms in total. The summed E-state index contributed by atoms with van der Waals surface area (Å²) in [6, 6.07) is 23.5. The largest absolute Gasteiger partial charge is 0.427 e. The van der Waals surface area contributed by atoms with E-state index in [4.69, 9.17) is 21.3 Å². The van der Waals surface area contributed by atoms with Crippen molar-refractivity contribution in [3.63, 3.8) is 0 Å². The Morgan fingerprint density at radius 1 is 0.967 bits per heavy atom. The van der Waals surface area contributed by atoms with Gasteiger partial charge in [-0.2, -0.15) is 0 Å². The molecule has 146 valence electrons. The minimum absolute atomic E-state index is 0.305. The molecule has 0 fully saturated rings. The minimum atomic E-state index is 0.305. The number of hydrogen-bond donors (Lipinski definition) is 0. The summed E-state index contributed by atoms with van der Waals surface area (Å²) in [6.45, 7) is 0.910. The average Bonchev–Trinajstić information content (AvgIpc) is 3.17. The molecule has 5 rings (SSSR count). The highest BCUT2D eigenvalue weighted by Gasteiger charge is 2.11. The Bertz CT molecular complexity index is 1400. The van der Waals surface area contributed by atoms with Crippen LogP contribution in [0, 0.1) is 0 Å². The maximum Gasteiger partial charge on any atom is 0.298 e. The van der Waals surface area contributed by atoms with Crippen molar-refractivity contribution in [1.29, 1.82) is 0 Å². The fraction of sp³-hybridized carbons (Fsp3) is 0.0435. The van der Waals surface area contributed by atoms with E-state index in [1.54, 1.807) is 22.9 Å². The van der Waals surface area contributed by atoms with Gasteiger partial charge in [-0.15, -0.1) is 5.10 Å². The number of hydrogen-bond acceptors (Lipinski definition) is 5.